The monoisotopic (exact) mass is 295 g/mol. The molecule has 1 aromatic heterocycles. The second-order valence-electron chi connectivity index (χ2n) is 4.00. The molecule has 2 rings (SSSR count). The lowest BCUT2D eigenvalue weighted by molar-refractivity contribution is 0.102. The van der Waals surface area contributed by atoms with Crippen LogP contribution in [0.1, 0.15) is 28.7 Å². The average Bonchev–Trinajstić information content (AvgIpc) is 2.37. The highest BCUT2D eigenvalue weighted by Gasteiger charge is 2.24. The molecule has 2 aromatic rings. The van der Waals surface area contributed by atoms with Crippen molar-refractivity contribution in [1.29, 1.82) is 0 Å². The van der Waals surface area contributed by atoms with Crippen molar-refractivity contribution < 1.29 is 13.6 Å². The number of carbonyl (C=O) groups is 1. The normalized spacial score (nSPS) is 10.6. The van der Waals surface area contributed by atoms with Gasteiger partial charge in [-0.3, -0.25) is 4.79 Å². The summed E-state index contributed by atoms with van der Waals surface area (Å²) >= 11 is 4.05. The maximum absolute atomic E-state index is 13.6. The first-order valence-corrected chi connectivity index (χ1v) is 6.24. The molecule has 0 aliphatic rings. The molecule has 2 N–H and O–H groups in total. The highest BCUT2D eigenvalue weighted by Crippen LogP contribution is 2.24. The third-order valence-corrected chi connectivity index (χ3v) is 3.02. The minimum Gasteiger partial charge on any atom is -0.383 e. The van der Waals surface area contributed by atoms with Crippen LogP contribution in [0.5, 0.6) is 0 Å². The maximum atomic E-state index is 13.6. The molecule has 0 fully saturated rings. The molecule has 1 heterocycles. The Morgan fingerprint density at radius 3 is 2.35 bits per heavy atom. The molecule has 0 saturated carbocycles. The second-order valence-corrected chi connectivity index (χ2v) is 4.43. The van der Waals surface area contributed by atoms with Gasteiger partial charge < -0.3 is 5.73 Å². The molecule has 0 aliphatic heterocycles. The summed E-state index contributed by atoms with van der Waals surface area (Å²) in [5, 5.41) is 0.00185. The topological polar surface area (TPSA) is 68.9 Å². The van der Waals surface area contributed by atoms with Crippen LogP contribution in [-0.4, -0.2) is 15.8 Å². The minimum atomic E-state index is -0.971. The summed E-state index contributed by atoms with van der Waals surface area (Å²) < 4.78 is 27.3. The Hall–Kier alpha value is -2.02. The van der Waals surface area contributed by atoms with Crippen LogP contribution in [0.25, 0.3) is 0 Å². The lowest BCUT2D eigenvalue weighted by Gasteiger charge is -2.09. The zero-order valence-corrected chi connectivity index (χ0v) is 11.4. The van der Waals surface area contributed by atoms with Crippen LogP contribution in [0.3, 0.4) is 0 Å². The van der Waals surface area contributed by atoms with E-state index in [4.69, 9.17) is 5.73 Å². The van der Waals surface area contributed by atoms with E-state index in [2.05, 4.69) is 22.6 Å². The number of aryl methyl sites for hydroxylation is 1. The number of halogens is 2. The second kappa shape index (κ2) is 5.54. The summed E-state index contributed by atoms with van der Waals surface area (Å²) in [6, 6.07) is 3.15. The van der Waals surface area contributed by atoms with Gasteiger partial charge in [0.15, 0.2) is 0 Å². The van der Waals surface area contributed by atoms with E-state index >= 15 is 0 Å². The van der Waals surface area contributed by atoms with Gasteiger partial charge in [-0.2, -0.15) is 0 Å². The molecule has 0 spiro atoms. The van der Waals surface area contributed by atoms with Crippen LogP contribution in [0.4, 0.5) is 14.6 Å². The van der Waals surface area contributed by atoms with Crippen molar-refractivity contribution in [3.8, 4) is 0 Å². The molecule has 4 nitrogen and oxygen atoms in total. The summed E-state index contributed by atoms with van der Waals surface area (Å²) in [7, 11) is 0. The Balaban J connectivity index is 2.60. The number of benzene rings is 1. The maximum Gasteiger partial charge on any atom is 0.205 e. The van der Waals surface area contributed by atoms with Crippen molar-refractivity contribution in [2.75, 3.05) is 5.73 Å². The third-order valence-electron chi connectivity index (χ3n) is 2.70. The highest BCUT2D eigenvalue weighted by atomic mass is 32.1. The van der Waals surface area contributed by atoms with Gasteiger partial charge in [0, 0.05) is 6.42 Å². The van der Waals surface area contributed by atoms with Crippen LogP contribution < -0.4 is 5.73 Å². The van der Waals surface area contributed by atoms with E-state index in [0.29, 0.717) is 12.2 Å². The van der Waals surface area contributed by atoms with Crippen molar-refractivity contribution in [2.24, 2.45) is 0 Å². The summed E-state index contributed by atoms with van der Waals surface area (Å²) in [4.78, 5) is 20.1. The Bertz CT molecular complexity index is 648. The van der Waals surface area contributed by atoms with Crippen molar-refractivity contribution in [3.63, 3.8) is 0 Å². The summed E-state index contributed by atoms with van der Waals surface area (Å²) in [5.74, 6) is -2.61. The molecule has 20 heavy (non-hydrogen) atoms. The first-order valence-electron chi connectivity index (χ1n) is 5.79. The first-order chi connectivity index (χ1) is 9.45. The van der Waals surface area contributed by atoms with Gasteiger partial charge in [0.25, 0.3) is 0 Å². The van der Waals surface area contributed by atoms with Gasteiger partial charge in [-0.15, -0.1) is 12.6 Å². The average molecular weight is 295 g/mol. The third kappa shape index (κ3) is 2.49. The fourth-order valence-corrected chi connectivity index (χ4v) is 2.06. The minimum absolute atomic E-state index is 0.00185. The van der Waals surface area contributed by atoms with Crippen LogP contribution in [0.2, 0.25) is 0 Å². The standard InChI is InChI=1S/C13H11F2N3OS/c1-2-8-17-12(16)10(13(20)18-8)11(19)9-6(14)4-3-5-7(9)15/h3-5H,2H2,1H3,(H3,16,17,18,20). The Morgan fingerprint density at radius 1 is 1.25 bits per heavy atom. The molecule has 1 aromatic carbocycles. The van der Waals surface area contributed by atoms with Gasteiger partial charge in [-0.05, 0) is 12.1 Å². The van der Waals surface area contributed by atoms with E-state index < -0.39 is 23.0 Å². The first kappa shape index (κ1) is 14.4. The van der Waals surface area contributed by atoms with E-state index in [1.165, 1.54) is 6.07 Å². The predicted octanol–water partition coefficient (Wildman–Crippen LogP) is 2.42. The van der Waals surface area contributed by atoms with E-state index in [9.17, 15) is 13.6 Å². The zero-order valence-electron chi connectivity index (χ0n) is 10.5. The van der Waals surface area contributed by atoms with Gasteiger partial charge in [0.1, 0.15) is 28.3 Å². The summed E-state index contributed by atoms with van der Waals surface area (Å²) in [6.07, 6.45) is 0.500. The van der Waals surface area contributed by atoms with Crippen LogP contribution in [0, 0.1) is 11.6 Å². The fraction of sp³-hybridized carbons (Fsp3) is 0.154. The molecule has 7 heteroatoms. The van der Waals surface area contributed by atoms with Gasteiger partial charge in [-0.25, -0.2) is 18.7 Å². The van der Waals surface area contributed by atoms with E-state index in [-0.39, 0.29) is 16.4 Å². The molecule has 0 bridgehead atoms. The number of nitrogens with zero attached hydrogens (tertiary/aromatic N) is 2. The van der Waals surface area contributed by atoms with Crippen LogP contribution in [-0.2, 0) is 6.42 Å². The van der Waals surface area contributed by atoms with Crippen LogP contribution >= 0.6 is 12.6 Å². The van der Waals surface area contributed by atoms with Gasteiger partial charge in [-0.1, -0.05) is 13.0 Å². The number of rotatable bonds is 3. The Morgan fingerprint density at radius 2 is 1.85 bits per heavy atom. The molecular weight excluding hydrogens is 284 g/mol. The van der Waals surface area contributed by atoms with Crippen molar-refractivity contribution >= 4 is 24.2 Å². The largest absolute Gasteiger partial charge is 0.383 e. The molecule has 0 saturated heterocycles. The van der Waals surface area contributed by atoms with Crippen LogP contribution in [0.15, 0.2) is 23.2 Å². The molecule has 0 amide bonds. The number of hydrogen-bond donors (Lipinski definition) is 2. The van der Waals surface area contributed by atoms with E-state index in [0.717, 1.165) is 12.1 Å². The van der Waals surface area contributed by atoms with Crippen molar-refractivity contribution in [1.82, 2.24) is 9.97 Å². The zero-order chi connectivity index (χ0) is 14.9. The number of thiol groups is 1. The van der Waals surface area contributed by atoms with Crippen molar-refractivity contribution in [3.05, 3.63) is 46.8 Å². The van der Waals surface area contributed by atoms with Gasteiger partial charge >= 0.3 is 0 Å². The Kier molecular flexibility index (Phi) is 3.99. The number of carbonyl (C=O) groups excluding carboxylic acids is 1. The lowest BCUT2D eigenvalue weighted by Crippen LogP contribution is -2.14. The number of nitrogens with two attached hydrogens (primary N) is 1. The summed E-state index contributed by atoms with van der Waals surface area (Å²) in [6.45, 7) is 1.81. The van der Waals surface area contributed by atoms with Gasteiger partial charge in [0.05, 0.1) is 11.1 Å². The van der Waals surface area contributed by atoms with E-state index in [1.807, 2.05) is 0 Å². The SMILES string of the molecule is CCc1nc(N)c(C(=O)c2c(F)cccc2F)c(S)n1. The molecule has 104 valence electrons. The fourth-order valence-electron chi connectivity index (χ4n) is 1.73. The smallest absolute Gasteiger partial charge is 0.205 e. The summed E-state index contributed by atoms with van der Waals surface area (Å²) in [5.41, 5.74) is 4.78. The predicted molar refractivity (Wildman–Crippen MR) is 72.9 cm³/mol. The van der Waals surface area contributed by atoms with Gasteiger partial charge in [0.2, 0.25) is 5.78 Å². The lowest BCUT2D eigenvalue weighted by atomic mass is 10.0. The number of anilines is 1. The van der Waals surface area contributed by atoms with E-state index in [1.54, 1.807) is 6.92 Å². The number of nitrogen functional groups attached to an aromatic ring is 1. The number of aromatic nitrogens is 2. The molecule has 0 atom stereocenters. The molecule has 0 radical (unpaired) electrons. The molecule has 0 aliphatic carbocycles. The Labute approximate surface area is 119 Å². The quantitative estimate of drug-likeness (QED) is 0.518. The highest BCUT2D eigenvalue weighted by molar-refractivity contribution is 7.80. The molecular formula is C13H11F2N3OS. The number of ketones is 1. The molecule has 0 unspecified atom stereocenters. The number of hydrogen-bond acceptors (Lipinski definition) is 5. The van der Waals surface area contributed by atoms with Crippen molar-refractivity contribution in [2.45, 2.75) is 18.4 Å².